The van der Waals surface area contributed by atoms with Crippen molar-refractivity contribution in [2.75, 3.05) is 56.5 Å². The van der Waals surface area contributed by atoms with Crippen LogP contribution in [0.15, 0.2) is 24.3 Å². The van der Waals surface area contributed by atoms with E-state index in [4.69, 9.17) is 0 Å². The Morgan fingerprint density at radius 1 is 0.828 bits per heavy atom. The first-order valence-electron chi connectivity index (χ1n) is 11.2. The first-order chi connectivity index (χ1) is 14.1. The summed E-state index contributed by atoms with van der Waals surface area (Å²) in [5, 5.41) is 3.09. The van der Waals surface area contributed by atoms with Crippen LogP contribution in [0.5, 0.6) is 0 Å². The van der Waals surface area contributed by atoms with Crippen LogP contribution in [0.3, 0.4) is 0 Å². The van der Waals surface area contributed by atoms with E-state index in [1.807, 2.05) is 17.0 Å². The third-order valence-electron chi connectivity index (χ3n) is 6.87. The number of hydrogen-bond acceptors (Lipinski definition) is 4. The molecule has 3 aliphatic rings. The van der Waals surface area contributed by atoms with E-state index in [0.29, 0.717) is 5.91 Å². The van der Waals surface area contributed by atoms with Gasteiger partial charge in [0.15, 0.2) is 0 Å². The van der Waals surface area contributed by atoms with Crippen LogP contribution in [0.1, 0.15) is 38.5 Å². The quantitative estimate of drug-likeness (QED) is 0.847. The Morgan fingerprint density at radius 3 is 2.03 bits per heavy atom. The monoisotopic (exact) mass is 398 g/mol. The van der Waals surface area contributed by atoms with Crippen LogP contribution < -0.4 is 10.2 Å². The van der Waals surface area contributed by atoms with Crippen LogP contribution in [0, 0.1) is 11.8 Å². The number of anilines is 2. The molecule has 6 heteroatoms. The molecule has 0 atom stereocenters. The zero-order valence-electron chi connectivity index (χ0n) is 17.6. The Balaban J connectivity index is 1.25. The van der Waals surface area contributed by atoms with Crippen LogP contribution in [0.25, 0.3) is 0 Å². The van der Waals surface area contributed by atoms with Crippen molar-refractivity contribution in [2.24, 2.45) is 11.8 Å². The minimum atomic E-state index is 0.0231. The maximum atomic E-state index is 12.7. The first kappa shape index (κ1) is 20.2. The average Bonchev–Trinajstić information content (AvgIpc) is 3.29. The van der Waals surface area contributed by atoms with Crippen molar-refractivity contribution in [3.8, 4) is 0 Å². The number of amides is 2. The number of benzene rings is 1. The van der Waals surface area contributed by atoms with Crippen LogP contribution in [0.4, 0.5) is 11.4 Å². The molecule has 1 aromatic rings. The normalized spacial score (nSPS) is 25.8. The van der Waals surface area contributed by atoms with Crippen molar-refractivity contribution in [1.29, 1.82) is 0 Å². The summed E-state index contributed by atoms with van der Waals surface area (Å²) in [6.07, 6.45) is 5.59. The smallest absolute Gasteiger partial charge is 0.227 e. The second kappa shape index (κ2) is 9.16. The topological polar surface area (TPSA) is 55.9 Å². The standard InChI is InChI=1S/C23H34N4O2/c1-25-14-16-26(17-15-25)21-10-8-20(9-11-21)24-22(28)18-4-6-19(7-5-18)23(29)27-12-2-3-13-27/h8-11,18-19H,2-7,12-17H2,1H3,(H,24,28). The molecule has 0 bridgehead atoms. The van der Waals surface area contributed by atoms with E-state index in [-0.39, 0.29) is 17.7 Å². The Labute approximate surface area is 174 Å². The van der Waals surface area contributed by atoms with Crippen molar-refractivity contribution in [1.82, 2.24) is 9.80 Å². The van der Waals surface area contributed by atoms with E-state index in [1.54, 1.807) is 0 Å². The Hall–Kier alpha value is -2.08. The number of carbonyl (C=O) groups is 2. The molecule has 6 nitrogen and oxygen atoms in total. The van der Waals surface area contributed by atoms with Gasteiger partial charge in [-0.1, -0.05) is 0 Å². The highest BCUT2D eigenvalue weighted by Gasteiger charge is 2.32. The minimum absolute atomic E-state index is 0.0231. The predicted molar refractivity (Wildman–Crippen MR) is 116 cm³/mol. The lowest BCUT2D eigenvalue weighted by atomic mass is 9.81. The van der Waals surface area contributed by atoms with Crippen LogP contribution >= 0.6 is 0 Å². The van der Waals surface area contributed by atoms with Gasteiger partial charge >= 0.3 is 0 Å². The highest BCUT2D eigenvalue weighted by Crippen LogP contribution is 2.32. The molecule has 2 saturated heterocycles. The molecule has 3 fully saturated rings. The van der Waals surface area contributed by atoms with E-state index in [9.17, 15) is 9.59 Å². The number of rotatable bonds is 4. The fourth-order valence-corrected chi connectivity index (χ4v) is 4.86. The Kier molecular flexibility index (Phi) is 6.38. The van der Waals surface area contributed by atoms with Crippen molar-refractivity contribution < 1.29 is 9.59 Å². The predicted octanol–water partition coefficient (Wildman–Crippen LogP) is 2.81. The molecule has 0 aromatic heterocycles. The molecule has 1 aromatic carbocycles. The molecular weight excluding hydrogens is 364 g/mol. The van der Waals surface area contributed by atoms with Gasteiger partial charge in [-0.2, -0.15) is 0 Å². The summed E-state index contributed by atoms with van der Waals surface area (Å²) in [6, 6.07) is 8.22. The summed E-state index contributed by atoms with van der Waals surface area (Å²) in [7, 11) is 2.16. The van der Waals surface area contributed by atoms with Gasteiger partial charge in [0.1, 0.15) is 0 Å². The third-order valence-corrected chi connectivity index (χ3v) is 6.87. The molecule has 0 spiro atoms. The van der Waals surface area contributed by atoms with E-state index in [2.05, 4.69) is 34.3 Å². The molecular formula is C23H34N4O2. The van der Waals surface area contributed by atoms with Gasteiger partial charge in [-0.15, -0.1) is 0 Å². The molecule has 0 unspecified atom stereocenters. The second-order valence-electron chi connectivity index (χ2n) is 8.91. The maximum absolute atomic E-state index is 12.7. The molecule has 1 N–H and O–H groups in total. The highest BCUT2D eigenvalue weighted by atomic mass is 16.2. The lowest BCUT2D eigenvalue weighted by Crippen LogP contribution is -2.44. The number of carbonyl (C=O) groups excluding carboxylic acids is 2. The van der Waals surface area contributed by atoms with E-state index in [0.717, 1.165) is 83.5 Å². The third kappa shape index (κ3) is 4.92. The van der Waals surface area contributed by atoms with E-state index >= 15 is 0 Å². The van der Waals surface area contributed by atoms with Crippen molar-refractivity contribution in [2.45, 2.75) is 38.5 Å². The lowest BCUT2D eigenvalue weighted by Gasteiger charge is -2.34. The molecule has 2 aliphatic heterocycles. The Morgan fingerprint density at radius 2 is 1.41 bits per heavy atom. The summed E-state index contributed by atoms with van der Waals surface area (Å²) < 4.78 is 0. The van der Waals surface area contributed by atoms with Crippen molar-refractivity contribution in [3.63, 3.8) is 0 Å². The van der Waals surface area contributed by atoms with Crippen molar-refractivity contribution >= 4 is 23.2 Å². The molecule has 158 valence electrons. The summed E-state index contributed by atoms with van der Waals surface area (Å²) in [4.78, 5) is 32.0. The number of nitrogens with zero attached hydrogens (tertiary/aromatic N) is 3. The highest BCUT2D eigenvalue weighted by molar-refractivity contribution is 5.93. The van der Waals surface area contributed by atoms with Gasteiger partial charge in [0, 0.05) is 62.5 Å². The van der Waals surface area contributed by atoms with E-state index < -0.39 is 0 Å². The Bertz CT molecular complexity index is 698. The van der Waals surface area contributed by atoms with Crippen LogP contribution in [0.2, 0.25) is 0 Å². The number of nitrogens with one attached hydrogen (secondary N) is 1. The number of likely N-dealkylation sites (tertiary alicyclic amines) is 1. The van der Waals surface area contributed by atoms with Gasteiger partial charge < -0.3 is 20.0 Å². The van der Waals surface area contributed by atoms with E-state index in [1.165, 1.54) is 5.69 Å². The zero-order valence-corrected chi connectivity index (χ0v) is 17.6. The molecule has 2 heterocycles. The van der Waals surface area contributed by atoms with Crippen LogP contribution in [-0.2, 0) is 9.59 Å². The van der Waals surface area contributed by atoms with Gasteiger partial charge in [0.05, 0.1) is 0 Å². The summed E-state index contributed by atoms with van der Waals surface area (Å²) >= 11 is 0. The fraction of sp³-hybridized carbons (Fsp3) is 0.652. The molecule has 29 heavy (non-hydrogen) atoms. The minimum Gasteiger partial charge on any atom is -0.369 e. The first-order valence-corrected chi connectivity index (χ1v) is 11.2. The largest absolute Gasteiger partial charge is 0.369 e. The van der Waals surface area contributed by atoms with Gasteiger partial charge in [-0.25, -0.2) is 0 Å². The molecule has 1 saturated carbocycles. The summed E-state index contributed by atoms with van der Waals surface area (Å²) in [5.74, 6) is 0.570. The van der Waals surface area contributed by atoms with Gasteiger partial charge in [-0.3, -0.25) is 9.59 Å². The summed E-state index contributed by atoms with van der Waals surface area (Å²) in [6.45, 7) is 6.10. The zero-order chi connectivity index (χ0) is 20.2. The molecule has 4 rings (SSSR count). The fourth-order valence-electron chi connectivity index (χ4n) is 4.86. The number of piperazine rings is 1. The van der Waals surface area contributed by atoms with Crippen LogP contribution in [-0.4, -0.2) is 67.9 Å². The van der Waals surface area contributed by atoms with Crippen molar-refractivity contribution in [3.05, 3.63) is 24.3 Å². The summed E-state index contributed by atoms with van der Waals surface area (Å²) in [5.41, 5.74) is 2.08. The van der Waals surface area contributed by atoms with Gasteiger partial charge in [0.25, 0.3) is 0 Å². The molecule has 0 radical (unpaired) electrons. The SMILES string of the molecule is CN1CCN(c2ccc(NC(=O)C3CCC(C(=O)N4CCCC4)CC3)cc2)CC1. The lowest BCUT2D eigenvalue weighted by molar-refractivity contribution is -0.136. The second-order valence-corrected chi connectivity index (χ2v) is 8.91. The molecule has 2 amide bonds. The molecule has 1 aliphatic carbocycles. The number of hydrogen-bond donors (Lipinski definition) is 1. The van der Waals surface area contributed by atoms with Gasteiger partial charge in [0.2, 0.25) is 11.8 Å². The average molecular weight is 399 g/mol. The number of likely N-dealkylation sites (N-methyl/N-ethyl adjacent to an activating group) is 1. The maximum Gasteiger partial charge on any atom is 0.227 e. The van der Waals surface area contributed by atoms with Gasteiger partial charge in [-0.05, 0) is 69.8 Å².